The van der Waals surface area contributed by atoms with Gasteiger partial charge in [-0.15, -0.1) is 11.3 Å². The van der Waals surface area contributed by atoms with Gasteiger partial charge in [0.1, 0.15) is 12.4 Å². The highest BCUT2D eigenvalue weighted by Gasteiger charge is 2.42. The molecule has 0 radical (unpaired) electrons. The van der Waals surface area contributed by atoms with E-state index in [9.17, 15) is 14.7 Å². The van der Waals surface area contributed by atoms with Crippen molar-refractivity contribution in [1.29, 1.82) is 0 Å². The summed E-state index contributed by atoms with van der Waals surface area (Å²) in [6.45, 7) is 3.96. The minimum Gasteiger partial charge on any atom is -0.503 e. The van der Waals surface area contributed by atoms with E-state index in [1.54, 1.807) is 54.9 Å². The molecule has 2 aromatic rings. The summed E-state index contributed by atoms with van der Waals surface area (Å²) in [5, 5.41) is 12.0. The van der Waals surface area contributed by atoms with Crippen LogP contribution in [0.5, 0.6) is 5.75 Å². The third-order valence-corrected chi connectivity index (χ3v) is 4.84. The highest BCUT2D eigenvalue weighted by atomic mass is 32.1. The lowest BCUT2D eigenvalue weighted by atomic mass is 9.95. The van der Waals surface area contributed by atoms with Crippen LogP contribution in [-0.4, -0.2) is 35.4 Å². The van der Waals surface area contributed by atoms with Gasteiger partial charge in [0.25, 0.3) is 5.91 Å². The topological polar surface area (TPSA) is 66.8 Å². The van der Waals surface area contributed by atoms with E-state index in [2.05, 4.69) is 6.58 Å². The quantitative estimate of drug-likeness (QED) is 0.636. The van der Waals surface area contributed by atoms with E-state index < -0.39 is 17.7 Å². The Balaban J connectivity index is 2.02. The van der Waals surface area contributed by atoms with Gasteiger partial charge in [-0.05, 0) is 29.1 Å². The molecule has 0 aliphatic carbocycles. The summed E-state index contributed by atoms with van der Waals surface area (Å²) < 4.78 is 5.53. The number of thiophene rings is 1. The van der Waals surface area contributed by atoms with Crippen LogP contribution in [0, 0.1) is 0 Å². The molecule has 1 N–H and O–H groups in total. The first-order chi connectivity index (χ1) is 12.0. The van der Waals surface area contributed by atoms with Crippen LogP contribution in [0.1, 0.15) is 21.3 Å². The summed E-state index contributed by atoms with van der Waals surface area (Å²) in [5.74, 6) is -0.800. The molecular weight excluding hydrogens is 338 g/mol. The summed E-state index contributed by atoms with van der Waals surface area (Å²) in [6, 6.07) is 9.91. The van der Waals surface area contributed by atoms with Crippen LogP contribution in [0.3, 0.4) is 0 Å². The number of nitrogens with zero attached hydrogens (tertiary/aromatic N) is 1. The van der Waals surface area contributed by atoms with Gasteiger partial charge in [-0.1, -0.05) is 30.9 Å². The van der Waals surface area contributed by atoms with Crippen molar-refractivity contribution in [3.63, 3.8) is 0 Å². The molecule has 0 spiro atoms. The fraction of sp³-hybridized carbons (Fsp3) is 0.158. The zero-order valence-electron chi connectivity index (χ0n) is 13.6. The van der Waals surface area contributed by atoms with Gasteiger partial charge in [-0.25, -0.2) is 0 Å². The van der Waals surface area contributed by atoms with E-state index in [1.165, 1.54) is 16.2 Å². The molecular formula is C19H17NO4S. The van der Waals surface area contributed by atoms with E-state index in [0.29, 0.717) is 22.8 Å². The summed E-state index contributed by atoms with van der Waals surface area (Å²) >= 11 is 1.27. The minimum atomic E-state index is -0.658. The molecule has 1 aromatic heterocycles. The third-order valence-electron chi connectivity index (χ3n) is 3.97. The number of benzene rings is 1. The normalized spacial score (nSPS) is 17.1. The molecule has 25 heavy (non-hydrogen) atoms. The van der Waals surface area contributed by atoms with Crippen molar-refractivity contribution in [3.05, 3.63) is 76.2 Å². The molecule has 2 heterocycles. The van der Waals surface area contributed by atoms with Gasteiger partial charge in [0.15, 0.2) is 5.76 Å². The Kier molecular flexibility index (Phi) is 4.72. The number of carbonyl (C=O) groups excluding carboxylic acids is 2. The van der Waals surface area contributed by atoms with Crippen molar-refractivity contribution in [2.45, 2.75) is 6.04 Å². The molecule has 1 amide bonds. The highest BCUT2D eigenvalue weighted by Crippen LogP contribution is 2.39. The first-order valence-electron chi connectivity index (χ1n) is 7.66. The lowest BCUT2D eigenvalue weighted by Crippen LogP contribution is -2.26. The largest absolute Gasteiger partial charge is 0.503 e. The Labute approximate surface area is 149 Å². The lowest BCUT2D eigenvalue weighted by Gasteiger charge is -2.23. The van der Waals surface area contributed by atoms with Crippen LogP contribution in [-0.2, 0) is 4.79 Å². The second-order valence-corrected chi connectivity index (χ2v) is 6.51. The van der Waals surface area contributed by atoms with Gasteiger partial charge in [0, 0.05) is 7.05 Å². The summed E-state index contributed by atoms with van der Waals surface area (Å²) in [6.07, 6.45) is 1.63. The summed E-state index contributed by atoms with van der Waals surface area (Å²) in [5.41, 5.74) is 0.789. The second kappa shape index (κ2) is 6.94. The summed E-state index contributed by atoms with van der Waals surface area (Å²) in [4.78, 5) is 26.9. The summed E-state index contributed by atoms with van der Waals surface area (Å²) in [7, 11) is 1.56. The van der Waals surface area contributed by atoms with Crippen molar-refractivity contribution >= 4 is 23.0 Å². The smallest absolute Gasteiger partial charge is 0.289 e. The first kappa shape index (κ1) is 17.0. The molecule has 6 heteroatoms. The molecule has 1 aliphatic heterocycles. The Bertz CT molecular complexity index is 854. The number of carbonyl (C=O) groups is 2. The Morgan fingerprint density at radius 2 is 2.20 bits per heavy atom. The zero-order valence-corrected chi connectivity index (χ0v) is 14.5. The number of rotatable bonds is 6. The average Bonchev–Trinajstić information content (AvgIpc) is 3.23. The van der Waals surface area contributed by atoms with E-state index in [1.807, 2.05) is 0 Å². The maximum atomic E-state index is 12.8. The highest BCUT2D eigenvalue weighted by molar-refractivity contribution is 7.12. The number of aliphatic hydroxyl groups excluding tert-OH is 1. The van der Waals surface area contributed by atoms with Crippen LogP contribution in [0.2, 0.25) is 0 Å². The number of ether oxygens (including phenoxy) is 1. The Morgan fingerprint density at radius 1 is 1.40 bits per heavy atom. The molecule has 1 aliphatic rings. The number of hydrogen-bond acceptors (Lipinski definition) is 5. The van der Waals surface area contributed by atoms with Crippen molar-refractivity contribution in [2.24, 2.45) is 0 Å². The predicted molar refractivity (Wildman–Crippen MR) is 95.9 cm³/mol. The van der Waals surface area contributed by atoms with E-state index >= 15 is 0 Å². The Morgan fingerprint density at radius 3 is 2.88 bits per heavy atom. The maximum absolute atomic E-state index is 12.8. The Hall–Kier alpha value is -2.86. The van der Waals surface area contributed by atoms with Crippen LogP contribution in [0.25, 0.3) is 0 Å². The fourth-order valence-electron chi connectivity index (χ4n) is 2.81. The molecule has 1 aromatic carbocycles. The van der Waals surface area contributed by atoms with E-state index in [0.717, 1.165) is 0 Å². The number of amides is 1. The van der Waals surface area contributed by atoms with E-state index in [4.69, 9.17) is 4.74 Å². The van der Waals surface area contributed by atoms with Crippen molar-refractivity contribution < 1.29 is 19.4 Å². The van der Waals surface area contributed by atoms with Crippen LogP contribution in [0.15, 0.2) is 65.8 Å². The maximum Gasteiger partial charge on any atom is 0.289 e. The second-order valence-electron chi connectivity index (χ2n) is 5.56. The third kappa shape index (κ3) is 3.08. The molecule has 1 atom stereocenters. The molecule has 5 nitrogen and oxygen atoms in total. The number of aliphatic hydroxyl groups is 1. The molecule has 128 valence electrons. The minimum absolute atomic E-state index is 0.0934. The van der Waals surface area contributed by atoms with Crippen LogP contribution in [0.4, 0.5) is 0 Å². The monoisotopic (exact) mass is 355 g/mol. The first-order valence-corrected chi connectivity index (χ1v) is 8.54. The fourth-order valence-corrected chi connectivity index (χ4v) is 3.49. The van der Waals surface area contributed by atoms with Gasteiger partial charge >= 0.3 is 0 Å². The van der Waals surface area contributed by atoms with Gasteiger partial charge in [0.2, 0.25) is 5.78 Å². The molecule has 3 rings (SSSR count). The predicted octanol–water partition coefficient (Wildman–Crippen LogP) is 3.52. The van der Waals surface area contributed by atoms with Crippen molar-refractivity contribution in [3.8, 4) is 5.75 Å². The molecule has 0 fully saturated rings. The van der Waals surface area contributed by atoms with Crippen LogP contribution < -0.4 is 4.74 Å². The zero-order chi connectivity index (χ0) is 18.0. The number of Topliss-reactive ketones (excluding diaryl/α,β-unsaturated/α-hetero) is 1. The van der Waals surface area contributed by atoms with Crippen molar-refractivity contribution in [2.75, 3.05) is 13.7 Å². The molecule has 0 saturated carbocycles. The molecule has 1 unspecified atom stereocenters. The van der Waals surface area contributed by atoms with Gasteiger partial charge in [0.05, 0.1) is 16.5 Å². The molecule has 0 bridgehead atoms. The van der Waals surface area contributed by atoms with Crippen LogP contribution >= 0.6 is 11.3 Å². The number of hydrogen-bond donors (Lipinski definition) is 1. The van der Waals surface area contributed by atoms with Gasteiger partial charge < -0.3 is 14.7 Å². The number of ketones is 1. The van der Waals surface area contributed by atoms with Gasteiger partial charge in [-0.2, -0.15) is 0 Å². The number of likely N-dealkylation sites (N-methyl/N-ethyl adjacent to an activating group) is 1. The SMILES string of the molecule is C=CCOc1cccc(C2C(C(=O)c3cccs3)=C(O)C(=O)N2C)c1. The van der Waals surface area contributed by atoms with Crippen molar-refractivity contribution in [1.82, 2.24) is 4.90 Å². The molecule has 0 saturated heterocycles. The average molecular weight is 355 g/mol. The van der Waals surface area contributed by atoms with E-state index in [-0.39, 0.29) is 11.4 Å². The lowest BCUT2D eigenvalue weighted by molar-refractivity contribution is -0.128. The van der Waals surface area contributed by atoms with Gasteiger partial charge in [-0.3, -0.25) is 9.59 Å². The standard InChI is InChI=1S/C19H17NO4S/c1-3-9-24-13-7-4-6-12(11-13)16-15(18(22)19(23)20(16)2)17(21)14-8-5-10-25-14/h3-8,10-11,16,22H,1,9H2,2H3.